The number of nitrogens with zero attached hydrogens (tertiary/aromatic N) is 5. The van der Waals surface area contributed by atoms with Crippen LogP contribution in [0.2, 0.25) is 0 Å². The second-order valence-corrected chi connectivity index (χ2v) is 10.5. The fourth-order valence-corrected chi connectivity index (χ4v) is 4.94. The zero-order valence-corrected chi connectivity index (χ0v) is 20.7. The summed E-state index contributed by atoms with van der Waals surface area (Å²) < 4.78 is 13.8. The van der Waals surface area contributed by atoms with Gasteiger partial charge in [0.2, 0.25) is 0 Å². The lowest BCUT2D eigenvalue weighted by atomic mass is 9.82. The lowest BCUT2D eigenvalue weighted by Crippen LogP contribution is -2.37. The lowest BCUT2D eigenvalue weighted by Gasteiger charge is -2.26. The van der Waals surface area contributed by atoms with Crippen molar-refractivity contribution in [2.45, 2.75) is 64.2 Å². The minimum absolute atomic E-state index is 0.0997. The minimum atomic E-state index is -0.506. The van der Waals surface area contributed by atoms with E-state index < -0.39 is 5.60 Å². The molecule has 0 aliphatic carbocycles. The van der Waals surface area contributed by atoms with Crippen LogP contribution < -0.4 is 10.5 Å². The maximum absolute atomic E-state index is 12.6. The molecule has 0 saturated carbocycles. The molecule has 0 aromatic carbocycles. The maximum Gasteiger partial charge on any atom is 0.410 e. The molecule has 3 aromatic rings. The zero-order valence-electron chi connectivity index (χ0n) is 20.7. The van der Waals surface area contributed by atoms with E-state index in [1.54, 1.807) is 18.6 Å². The number of amides is 1. The molecule has 3 aromatic heterocycles. The number of carbonyl (C=O) groups excluding carboxylic acids is 1. The summed E-state index contributed by atoms with van der Waals surface area (Å²) in [6, 6.07) is 7.85. The van der Waals surface area contributed by atoms with Gasteiger partial charge in [-0.15, -0.1) is 0 Å². The van der Waals surface area contributed by atoms with Gasteiger partial charge in [-0.2, -0.15) is 5.10 Å². The molecule has 0 unspecified atom stereocenters. The first kappa shape index (κ1) is 23.1. The molecular weight excluding hydrogens is 444 g/mol. The van der Waals surface area contributed by atoms with E-state index >= 15 is 0 Å². The topological polar surface area (TPSA) is 108 Å². The number of rotatable bonds is 4. The molecular formula is C26H32N6O3. The van der Waals surface area contributed by atoms with E-state index in [1.165, 1.54) is 0 Å². The van der Waals surface area contributed by atoms with E-state index in [-0.39, 0.29) is 17.6 Å². The lowest BCUT2D eigenvalue weighted by molar-refractivity contribution is 0.0284. The number of aromatic nitrogens is 4. The van der Waals surface area contributed by atoms with Crippen molar-refractivity contribution in [1.82, 2.24) is 24.6 Å². The molecule has 2 aliphatic heterocycles. The molecule has 35 heavy (non-hydrogen) atoms. The summed E-state index contributed by atoms with van der Waals surface area (Å²) >= 11 is 0. The van der Waals surface area contributed by atoms with Gasteiger partial charge in [-0.25, -0.2) is 9.78 Å². The van der Waals surface area contributed by atoms with Crippen molar-refractivity contribution < 1.29 is 14.3 Å². The molecule has 1 amide bonds. The summed E-state index contributed by atoms with van der Waals surface area (Å²) in [6.45, 7) is 9.78. The van der Waals surface area contributed by atoms with Gasteiger partial charge in [0.15, 0.2) is 11.6 Å². The summed E-state index contributed by atoms with van der Waals surface area (Å²) in [7, 11) is 0. The number of hydrogen-bond acceptors (Lipinski definition) is 7. The number of ether oxygens (including phenoxy) is 2. The molecule has 9 nitrogen and oxygen atoms in total. The van der Waals surface area contributed by atoms with Gasteiger partial charge >= 0.3 is 6.09 Å². The Hall–Kier alpha value is -3.62. The predicted molar refractivity (Wildman–Crippen MR) is 132 cm³/mol. The number of carbonyl (C=O) groups is 1. The SMILES string of the molecule is C[C@@H](Oc1cc(-c2cc3n(n2)CC[C@@]32CCN(C(=O)OC(C)(C)C)C2)cnc1N)c1cccnc1. The number of aryl methyl sites for hydroxylation is 1. The molecule has 1 fully saturated rings. The van der Waals surface area contributed by atoms with Crippen molar-refractivity contribution in [2.75, 3.05) is 18.8 Å². The summed E-state index contributed by atoms with van der Waals surface area (Å²) in [6.07, 6.45) is 6.62. The third-order valence-electron chi connectivity index (χ3n) is 6.77. The highest BCUT2D eigenvalue weighted by molar-refractivity contribution is 5.69. The van der Waals surface area contributed by atoms with Crippen molar-refractivity contribution in [3.05, 3.63) is 54.1 Å². The van der Waals surface area contributed by atoms with Gasteiger partial charge in [0.25, 0.3) is 0 Å². The molecule has 0 radical (unpaired) electrons. The fraction of sp³-hybridized carbons (Fsp3) is 0.462. The van der Waals surface area contributed by atoms with Gasteiger partial charge in [-0.1, -0.05) is 6.07 Å². The highest BCUT2D eigenvalue weighted by Crippen LogP contribution is 2.44. The smallest absolute Gasteiger partial charge is 0.410 e. The second-order valence-electron chi connectivity index (χ2n) is 10.5. The van der Waals surface area contributed by atoms with Crippen LogP contribution in [0, 0.1) is 0 Å². The number of nitrogens with two attached hydrogens (primary N) is 1. The minimum Gasteiger partial charge on any atom is -0.482 e. The van der Waals surface area contributed by atoms with Gasteiger partial charge in [0.1, 0.15) is 11.7 Å². The monoisotopic (exact) mass is 476 g/mol. The molecule has 2 N–H and O–H groups in total. The van der Waals surface area contributed by atoms with Crippen molar-refractivity contribution in [3.8, 4) is 17.0 Å². The fourth-order valence-electron chi connectivity index (χ4n) is 4.94. The van der Waals surface area contributed by atoms with Crippen molar-refractivity contribution in [2.24, 2.45) is 0 Å². The Morgan fingerprint density at radius 2 is 2.00 bits per heavy atom. The second kappa shape index (κ2) is 8.55. The Balaban J connectivity index is 1.36. The van der Waals surface area contributed by atoms with Crippen LogP contribution in [-0.4, -0.2) is 49.4 Å². The summed E-state index contributed by atoms with van der Waals surface area (Å²) in [5.74, 6) is 0.843. The number of nitrogen functional groups attached to an aromatic ring is 1. The molecule has 2 atom stereocenters. The third-order valence-corrected chi connectivity index (χ3v) is 6.77. The van der Waals surface area contributed by atoms with Crippen LogP contribution >= 0.6 is 0 Å². The normalized spacial score (nSPS) is 20.2. The van der Waals surface area contributed by atoms with Crippen LogP contribution in [0.15, 0.2) is 42.9 Å². The van der Waals surface area contributed by atoms with Gasteiger partial charge < -0.3 is 20.1 Å². The number of fused-ring (bicyclic) bond motifs is 2. The standard InChI is InChI=1S/C26H32N6O3/c1-17(18-6-5-9-28-14-18)34-21-12-19(15-29-23(21)27)20-13-22-26(8-11-32(22)30-20)7-10-31(16-26)24(33)35-25(2,3)4/h5-6,9,12-15,17H,7-8,10-11,16H2,1-4H3,(H2,27,29)/t17-,26-/m1/s1. The average Bonchev–Trinajstić information content (AvgIpc) is 3.52. The van der Waals surface area contributed by atoms with Crippen LogP contribution in [0.5, 0.6) is 5.75 Å². The van der Waals surface area contributed by atoms with E-state index in [2.05, 4.69) is 20.7 Å². The van der Waals surface area contributed by atoms with Gasteiger partial charge in [-0.05, 0) is 58.7 Å². The summed E-state index contributed by atoms with van der Waals surface area (Å²) in [4.78, 5) is 23.0. The van der Waals surface area contributed by atoms with Gasteiger partial charge in [0.05, 0.1) is 5.69 Å². The van der Waals surface area contributed by atoms with E-state index in [9.17, 15) is 4.79 Å². The third kappa shape index (κ3) is 4.54. The predicted octanol–water partition coefficient (Wildman–Crippen LogP) is 4.34. The molecule has 2 aliphatic rings. The van der Waals surface area contributed by atoms with Crippen molar-refractivity contribution in [3.63, 3.8) is 0 Å². The highest BCUT2D eigenvalue weighted by atomic mass is 16.6. The van der Waals surface area contributed by atoms with Crippen LogP contribution in [-0.2, 0) is 16.7 Å². The molecule has 1 saturated heterocycles. The van der Waals surface area contributed by atoms with Crippen LogP contribution in [0.4, 0.5) is 10.6 Å². The van der Waals surface area contributed by atoms with E-state index in [0.717, 1.165) is 41.9 Å². The van der Waals surface area contributed by atoms with Crippen LogP contribution in [0.25, 0.3) is 11.3 Å². The number of likely N-dealkylation sites (tertiary alicyclic amines) is 1. The molecule has 1 spiro atoms. The first-order chi connectivity index (χ1) is 16.6. The molecule has 9 heteroatoms. The Morgan fingerprint density at radius 1 is 1.20 bits per heavy atom. The van der Waals surface area contributed by atoms with Gasteiger partial charge in [0, 0.05) is 60.5 Å². The Labute approximate surface area is 205 Å². The maximum atomic E-state index is 12.6. The molecule has 184 valence electrons. The van der Waals surface area contributed by atoms with E-state index in [4.69, 9.17) is 20.3 Å². The summed E-state index contributed by atoms with van der Waals surface area (Å²) in [5, 5.41) is 4.85. The Kier molecular flexibility index (Phi) is 5.65. The van der Waals surface area contributed by atoms with E-state index in [0.29, 0.717) is 24.7 Å². The van der Waals surface area contributed by atoms with Gasteiger partial charge in [-0.3, -0.25) is 9.67 Å². The first-order valence-electron chi connectivity index (χ1n) is 12.0. The van der Waals surface area contributed by atoms with Crippen LogP contribution in [0.1, 0.15) is 57.9 Å². The zero-order chi connectivity index (χ0) is 24.8. The molecule has 5 rings (SSSR count). The van der Waals surface area contributed by atoms with Crippen molar-refractivity contribution >= 4 is 11.9 Å². The summed E-state index contributed by atoms with van der Waals surface area (Å²) in [5.41, 5.74) is 9.28. The quantitative estimate of drug-likeness (QED) is 0.596. The average molecular weight is 477 g/mol. The number of hydrogen-bond donors (Lipinski definition) is 1. The Morgan fingerprint density at radius 3 is 2.74 bits per heavy atom. The van der Waals surface area contributed by atoms with E-state index in [1.807, 2.05) is 50.8 Å². The molecule has 5 heterocycles. The largest absolute Gasteiger partial charge is 0.482 e. The first-order valence-corrected chi connectivity index (χ1v) is 12.0. The highest BCUT2D eigenvalue weighted by Gasteiger charge is 2.47. The van der Waals surface area contributed by atoms with Crippen LogP contribution in [0.3, 0.4) is 0 Å². The van der Waals surface area contributed by atoms with Crippen molar-refractivity contribution in [1.29, 1.82) is 0 Å². The molecule has 0 bridgehead atoms. The number of anilines is 1. The number of pyridine rings is 2. The Bertz CT molecular complexity index is 1240.